The van der Waals surface area contributed by atoms with E-state index in [9.17, 15) is 14.4 Å². The van der Waals surface area contributed by atoms with Crippen LogP contribution in [0.3, 0.4) is 0 Å². The van der Waals surface area contributed by atoms with Gasteiger partial charge in [-0.05, 0) is 41.5 Å². The molecule has 0 radical (unpaired) electrons. The first kappa shape index (κ1) is 23.3. The standard InChI is InChI=1S/C24H20Cl2N2O7/c1-32-24(31)17-8-15-14-7-13(35-21(30)10-26)3-4-16(14)27-22(15)23(28(17)20(29)9-25)12-2-5-18-19(6-12)34-11-33-18/h2-7,17,23,27H,8-11H2,1H3/t17-,23-/m1/s1. The minimum Gasteiger partial charge on any atom is -0.467 e. The summed E-state index contributed by atoms with van der Waals surface area (Å²) < 4.78 is 21.3. The van der Waals surface area contributed by atoms with Gasteiger partial charge in [0, 0.05) is 23.0 Å². The molecule has 2 aromatic carbocycles. The van der Waals surface area contributed by atoms with E-state index in [-0.39, 0.29) is 25.0 Å². The first-order chi connectivity index (χ1) is 16.9. The van der Waals surface area contributed by atoms with Gasteiger partial charge in [-0.3, -0.25) is 9.59 Å². The van der Waals surface area contributed by atoms with Gasteiger partial charge in [0.25, 0.3) is 0 Å². The van der Waals surface area contributed by atoms with Crippen molar-refractivity contribution in [1.82, 2.24) is 9.88 Å². The number of benzene rings is 2. The van der Waals surface area contributed by atoms with Gasteiger partial charge in [0.2, 0.25) is 12.7 Å². The van der Waals surface area contributed by atoms with E-state index in [1.54, 1.807) is 30.3 Å². The molecule has 0 saturated heterocycles. The molecule has 35 heavy (non-hydrogen) atoms. The summed E-state index contributed by atoms with van der Waals surface area (Å²) in [5.41, 5.74) is 2.94. The fourth-order valence-corrected chi connectivity index (χ4v) is 4.86. The first-order valence-corrected chi connectivity index (χ1v) is 11.8. The van der Waals surface area contributed by atoms with Crippen molar-refractivity contribution in [1.29, 1.82) is 0 Å². The lowest BCUT2D eigenvalue weighted by Crippen LogP contribution is -2.52. The normalized spacial score (nSPS) is 18.3. The summed E-state index contributed by atoms with van der Waals surface area (Å²) in [6, 6.07) is 8.85. The molecule has 0 aliphatic carbocycles. The minimum atomic E-state index is -0.928. The zero-order valence-electron chi connectivity index (χ0n) is 18.5. The third-order valence-corrected chi connectivity index (χ3v) is 6.57. The molecule has 0 spiro atoms. The topological polar surface area (TPSA) is 107 Å². The van der Waals surface area contributed by atoms with E-state index in [1.807, 2.05) is 6.07 Å². The molecule has 1 N–H and O–H groups in total. The summed E-state index contributed by atoms with van der Waals surface area (Å²) in [5, 5.41) is 0.748. The molecule has 1 amide bonds. The molecule has 3 heterocycles. The van der Waals surface area contributed by atoms with Crippen molar-refractivity contribution in [3.05, 3.63) is 53.2 Å². The van der Waals surface area contributed by atoms with Crippen LogP contribution in [0, 0.1) is 0 Å². The van der Waals surface area contributed by atoms with Crippen LogP contribution >= 0.6 is 23.2 Å². The number of hydrogen-bond acceptors (Lipinski definition) is 7. The van der Waals surface area contributed by atoms with E-state index in [1.165, 1.54) is 12.0 Å². The maximum atomic E-state index is 13.1. The number of fused-ring (bicyclic) bond motifs is 4. The fourth-order valence-electron chi connectivity index (χ4n) is 4.66. The molecule has 9 nitrogen and oxygen atoms in total. The number of rotatable bonds is 5. The highest BCUT2D eigenvalue weighted by Gasteiger charge is 2.44. The monoisotopic (exact) mass is 518 g/mol. The van der Waals surface area contributed by atoms with Crippen LogP contribution in [-0.2, 0) is 25.5 Å². The number of hydrogen-bond donors (Lipinski definition) is 1. The molecule has 0 fully saturated rings. The molecular weight excluding hydrogens is 499 g/mol. The summed E-state index contributed by atoms with van der Waals surface area (Å²) in [6.07, 6.45) is 0.179. The van der Waals surface area contributed by atoms with Crippen LogP contribution in [0.5, 0.6) is 17.2 Å². The number of esters is 2. The van der Waals surface area contributed by atoms with E-state index in [0.717, 1.165) is 16.5 Å². The third kappa shape index (κ3) is 4.04. The fraction of sp³-hybridized carbons (Fsp3) is 0.292. The average molecular weight is 519 g/mol. The van der Waals surface area contributed by atoms with E-state index in [0.29, 0.717) is 28.5 Å². The Morgan fingerprint density at radius 3 is 2.63 bits per heavy atom. The molecule has 0 bridgehead atoms. The predicted octanol–water partition coefficient (Wildman–Crippen LogP) is 3.30. The molecule has 0 unspecified atom stereocenters. The number of nitrogens with zero attached hydrogens (tertiary/aromatic N) is 1. The number of aromatic nitrogens is 1. The number of H-pyrrole nitrogens is 1. The number of carbonyl (C=O) groups is 3. The number of amides is 1. The SMILES string of the molecule is COC(=O)[C@H]1Cc2c([nH]c3ccc(OC(=O)CCl)cc23)[C@@H](c2ccc3c(c2)OCO3)N1C(=O)CCl. The van der Waals surface area contributed by atoms with Crippen LogP contribution in [0.15, 0.2) is 36.4 Å². The summed E-state index contributed by atoms with van der Waals surface area (Å²) in [7, 11) is 1.27. The molecule has 2 aliphatic rings. The van der Waals surface area contributed by atoms with E-state index in [2.05, 4.69) is 4.98 Å². The largest absolute Gasteiger partial charge is 0.467 e. The van der Waals surface area contributed by atoms with E-state index >= 15 is 0 Å². The van der Waals surface area contributed by atoms with E-state index < -0.39 is 29.9 Å². The number of methoxy groups -OCH3 is 1. The summed E-state index contributed by atoms with van der Waals surface area (Å²) in [4.78, 5) is 42.5. The number of carbonyl (C=O) groups excluding carboxylic acids is 3. The lowest BCUT2D eigenvalue weighted by atomic mass is 9.87. The molecule has 182 valence electrons. The van der Waals surface area contributed by atoms with Gasteiger partial charge in [-0.2, -0.15) is 0 Å². The zero-order chi connectivity index (χ0) is 24.7. The zero-order valence-corrected chi connectivity index (χ0v) is 20.0. The van der Waals surface area contributed by atoms with Gasteiger partial charge in [-0.1, -0.05) is 6.07 Å². The summed E-state index contributed by atoms with van der Waals surface area (Å²) >= 11 is 11.5. The van der Waals surface area contributed by atoms with E-state index in [4.69, 9.17) is 42.1 Å². The molecule has 2 atom stereocenters. The lowest BCUT2D eigenvalue weighted by Gasteiger charge is -2.40. The molecule has 11 heteroatoms. The summed E-state index contributed by atoms with van der Waals surface area (Å²) in [6.45, 7) is 0.0972. The van der Waals surface area contributed by atoms with Crippen molar-refractivity contribution in [2.45, 2.75) is 18.5 Å². The van der Waals surface area contributed by atoms with Crippen LogP contribution < -0.4 is 14.2 Å². The highest BCUT2D eigenvalue weighted by Crippen LogP contribution is 2.44. The van der Waals surface area contributed by atoms with Gasteiger partial charge in [0.1, 0.15) is 23.6 Å². The molecule has 5 rings (SSSR count). The minimum absolute atomic E-state index is 0.0972. The van der Waals surface area contributed by atoms with Crippen LogP contribution in [0.2, 0.25) is 0 Å². The Kier molecular flexibility index (Phi) is 6.21. The highest BCUT2D eigenvalue weighted by atomic mass is 35.5. The number of ether oxygens (including phenoxy) is 4. The average Bonchev–Trinajstić information content (AvgIpc) is 3.50. The molecular formula is C24H20Cl2N2O7. The quantitative estimate of drug-likeness (QED) is 0.313. The van der Waals surface area contributed by atoms with Crippen LogP contribution in [-0.4, -0.2) is 59.4 Å². The second kappa shape index (κ2) is 9.31. The Morgan fingerprint density at radius 2 is 1.89 bits per heavy atom. The van der Waals surface area contributed by atoms with Crippen molar-refractivity contribution in [3.63, 3.8) is 0 Å². The van der Waals surface area contributed by atoms with Crippen LogP contribution in [0.1, 0.15) is 22.9 Å². The van der Waals surface area contributed by atoms with Gasteiger partial charge < -0.3 is 28.8 Å². The van der Waals surface area contributed by atoms with Crippen LogP contribution in [0.4, 0.5) is 0 Å². The number of alkyl halides is 2. The maximum absolute atomic E-state index is 13.1. The van der Waals surface area contributed by atoms with Gasteiger partial charge >= 0.3 is 11.9 Å². The summed E-state index contributed by atoms with van der Waals surface area (Å²) in [5.74, 6) is -0.734. The van der Waals surface area contributed by atoms with Gasteiger partial charge in [-0.25, -0.2) is 4.79 Å². The Balaban J connectivity index is 1.71. The lowest BCUT2D eigenvalue weighted by molar-refractivity contribution is -0.154. The third-order valence-electron chi connectivity index (χ3n) is 6.12. The maximum Gasteiger partial charge on any atom is 0.328 e. The van der Waals surface area contributed by atoms with Gasteiger partial charge in [-0.15, -0.1) is 23.2 Å². The Morgan fingerprint density at radius 1 is 1.09 bits per heavy atom. The van der Waals surface area contributed by atoms with Gasteiger partial charge in [0.15, 0.2) is 11.5 Å². The van der Waals surface area contributed by atoms with Crippen molar-refractivity contribution in [2.24, 2.45) is 0 Å². The molecule has 0 saturated carbocycles. The molecule has 3 aromatic rings. The van der Waals surface area contributed by atoms with Crippen molar-refractivity contribution in [2.75, 3.05) is 25.7 Å². The second-order valence-electron chi connectivity index (χ2n) is 8.03. The van der Waals surface area contributed by atoms with Gasteiger partial charge in [0.05, 0.1) is 13.2 Å². The first-order valence-electron chi connectivity index (χ1n) is 10.7. The second-order valence-corrected chi connectivity index (χ2v) is 8.56. The smallest absolute Gasteiger partial charge is 0.328 e. The Labute approximate surface area is 209 Å². The highest BCUT2D eigenvalue weighted by molar-refractivity contribution is 6.27. The number of halogens is 2. The van der Waals surface area contributed by atoms with Crippen molar-refractivity contribution < 1.29 is 33.3 Å². The Bertz CT molecular complexity index is 1340. The number of aromatic amines is 1. The van der Waals surface area contributed by atoms with Crippen molar-refractivity contribution in [3.8, 4) is 17.2 Å². The van der Waals surface area contributed by atoms with Crippen LogP contribution in [0.25, 0.3) is 10.9 Å². The number of nitrogens with one attached hydrogen (secondary N) is 1. The Hall–Kier alpha value is -3.43. The molecule has 1 aromatic heterocycles. The molecule has 2 aliphatic heterocycles. The van der Waals surface area contributed by atoms with Crippen molar-refractivity contribution >= 4 is 52.0 Å². The predicted molar refractivity (Wildman–Crippen MR) is 126 cm³/mol.